The van der Waals surface area contributed by atoms with Gasteiger partial charge in [-0.1, -0.05) is 6.92 Å². The zero-order chi connectivity index (χ0) is 13.7. The summed E-state index contributed by atoms with van der Waals surface area (Å²) in [5, 5.41) is 6.85. The van der Waals surface area contributed by atoms with Crippen LogP contribution in [-0.4, -0.2) is 34.9 Å². The minimum Gasteiger partial charge on any atom is -0.376 e. The summed E-state index contributed by atoms with van der Waals surface area (Å²) >= 11 is 0. The van der Waals surface area contributed by atoms with Gasteiger partial charge < -0.3 is 10.1 Å². The molecule has 1 atom stereocenters. The van der Waals surface area contributed by atoms with Crippen LogP contribution in [0.3, 0.4) is 0 Å². The molecule has 1 unspecified atom stereocenters. The first-order valence-electron chi connectivity index (χ1n) is 6.68. The van der Waals surface area contributed by atoms with Gasteiger partial charge in [-0.05, 0) is 25.3 Å². The largest absolute Gasteiger partial charge is 0.376 e. The number of hydrogen-bond donors (Lipinski definition) is 1. The quantitative estimate of drug-likeness (QED) is 0.844. The van der Waals surface area contributed by atoms with Crippen LogP contribution in [0.1, 0.15) is 36.7 Å². The second kappa shape index (κ2) is 6.47. The minimum absolute atomic E-state index is 0.102. The third-order valence-corrected chi connectivity index (χ3v) is 3.05. The molecule has 0 aliphatic carbocycles. The number of carbonyl (C=O) groups is 1. The van der Waals surface area contributed by atoms with E-state index in [0.717, 1.165) is 25.9 Å². The molecular formula is C13H19N3O3. The number of aromatic nitrogens is 2. The van der Waals surface area contributed by atoms with Crippen LogP contribution < -0.4 is 10.9 Å². The van der Waals surface area contributed by atoms with Crippen molar-refractivity contribution in [3.05, 3.63) is 28.2 Å². The predicted octanol–water partition coefficient (Wildman–Crippen LogP) is 0.562. The lowest BCUT2D eigenvalue weighted by atomic mass is 10.2. The summed E-state index contributed by atoms with van der Waals surface area (Å²) in [5.41, 5.74) is 0.0866. The molecule has 1 aliphatic rings. The SMILES string of the molecule is CCCn1nc(C(=O)NCC2CCCO2)ccc1=O. The number of rotatable bonds is 5. The van der Waals surface area contributed by atoms with Gasteiger partial charge in [-0.15, -0.1) is 0 Å². The number of carbonyl (C=O) groups excluding carboxylic acids is 1. The van der Waals surface area contributed by atoms with Gasteiger partial charge in [0.25, 0.3) is 11.5 Å². The molecule has 0 radical (unpaired) electrons. The smallest absolute Gasteiger partial charge is 0.271 e. The lowest BCUT2D eigenvalue weighted by Crippen LogP contribution is -2.34. The van der Waals surface area contributed by atoms with Crippen LogP contribution >= 0.6 is 0 Å². The van der Waals surface area contributed by atoms with Crippen LogP contribution in [0.25, 0.3) is 0 Å². The molecule has 6 heteroatoms. The molecule has 1 N–H and O–H groups in total. The summed E-state index contributed by atoms with van der Waals surface area (Å²) in [6.07, 6.45) is 2.92. The van der Waals surface area contributed by atoms with Crippen molar-refractivity contribution in [2.24, 2.45) is 0 Å². The Labute approximate surface area is 111 Å². The molecule has 104 valence electrons. The molecule has 1 fully saturated rings. The third-order valence-electron chi connectivity index (χ3n) is 3.05. The summed E-state index contributed by atoms with van der Waals surface area (Å²) in [5.74, 6) is -0.264. The molecule has 1 aromatic rings. The number of nitrogens with zero attached hydrogens (tertiary/aromatic N) is 2. The number of nitrogens with one attached hydrogen (secondary N) is 1. The van der Waals surface area contributed by atoms with Crippen molar-refractivity contribution >= 4 is 5.91 Å². The molecule has 19 heavy (non-hydrogen) atoms. The van der Waals surface area contributed by atoms with Crippen LogP contribution in [0.2, 0.25) is 0 Å². The lowest BCUT2D eigenvalue weighted by Gasteiger charge is -2.11. The summed E-state index contributed by atoms with van der Waals surface area (Å²) in [6.45, 7) is 3.73. The monoisotopic (exact) mass is 265 g/mol. The zero-order valence-corrected chi connectivity index (χ0v) is 11.1. The second-order valence-electron chi connectivity index (χ2n) is 4.63. The molecule has 1 aliphatic heterocycles. The fourth-order valence-corrected chi connectivity index (χ4v) is 2.04. The number of hydrogen-bond acceptors (Lipinski definition) is 4. The van der Waals surface area contributed by atoms with E-state index in [1.807, 2.05) is 6.92 Å². The first kappa shape index (κ1) is 13.7. The maximum atomic E-state index is 11.9. The summed E-state index contributed by atoms with van der Waals surface area (Å²) < 4.78 is 6.75. The van der Waals surface area contributed by atoms with Crippen molar-refractivity contribution in [1.29, 1.82) is 0 Å². The highest BCUT2D eigenvalue weighted by molar-refractivity contribution is 5.91. The van der Waals surface area contributed by atoms with Crippen molar-refractivity contribution in [2.75, 3.05) is 13.2 Å². The molecule has 0 saturated carbocycles. The van der Waals surface area contributed by atoms with Crippen molar-refractivity contribution in [1.82, 2.24) is 15.1 Å². The highest BCUT2D eigenvalue weighted by atomic mass is 16.5. The summed E-state index contributed by atoms with van der Waals surface area (Å²) in [7, 11) is 0. The van der Waals surface area contributed by atoms with Crippen molar-refractivity contribution in [2.45, 2.75) is 38.8 Å². The molecule has 2 rings (SSSR count). The van der Waals surface area contributed by atoms with Gasteiger partial charge in [-0.2, -0.15) is 5.10 Å². The van der Waals surface area contributed by atoms with Gasteiger partial charge in [0.1, 0.15) is 5.69 Å². The van der Waals surface area contributed by atoms with Crippen LogP contribution in [-0.2, 0) is 11.3 Å². The van der Waals surface area contributed by atoms with Gasteiger partial charge in [0.15, 0.2) is 0 Å². The Bertz CT molecular complexity index is 492. The first-order valence-corrected chi connectivity index (χ1v) is 6.68. The van der Waals surface area contributed by atoms with Crippen molar-refractivity contribution in [3.63, 3.8) is 0 Å². The second-order valence-corrected chi connectivity index (χ2v) is 4.63. The van der Waals surface area contributed by atoms with E-state index in [-0.39, 0.29) is 23.3 Å². The Morgan fingerprint density at radius 1 is 1.58 bits per heavy atom. The standard InChI is InChI=1S/C13H19N3O3/c1-2-7-16-12(17)6-5-11(15-16)13(18)14-9-10-4-3-8-19-10/h5-6,10H,2-4,7-9H2,1H3,(H,14,18). The van der Waals surface area contributed by atoms with Crippen LogP contribution in [0.4, 0.5) is 0 Å². The maximum absolute atomic E-state index is 11.9. The number of aryl methyl sites for hydroxylation is 1. The van der Waals surface area contributed by atoms with Crippen LogP contribution in [0.5, 0.6) is 0 Å². The summed E-state index contributed by atoms with van der Waals surface area (Å²) in [6, 6.07) is 2.84. The fraction of sp³-hybridized carbons (Fsp3) is 0.615. The van der Waals surface area contributed by atoms with E-state index in [4.69, 9.17) is 4.74 Å². The first-order chi connectivity index (χ1) is 9.20. The Morgan fingerprint density at radius 2 is 2.42 bits per heavy atom. The molecule has 1 aromatic heterocycles. The van der Waals surface area contributed by atoms with Crippen molar-refractivity contribution < 1.29 is 9.53 Å². The average molecular weight is 265 g/mol. The topological polar surface area (TPSA) is 73.2 Å². The Hall–Kier alpha value is -1.69. The van der Waals surface area contributed by atoms with E-state index in [2.05, 4.69) is 10.4 Å². The third kappa shape index (κ3) is 3.64. The number of amides is 1. The van der Waals surface area contributed by atoms with Gasteiger partial charge in [-0.25, -0.2) is 4.68 Å². The minimum atomic E-state index is -0.264. The molecule has 0 bridgehead atoms. The van der Waals surface area contributed by atoms with E-state index < -0.39 is 0 Å². The predicted molar refractivity (Wildman–Crippen MR) is 70.1 cm³/mol. The van der Waals surface area contributed by atoms with E-state index in [0.29, 0.717) is 13.1 Å². The number of ether oxygens (including phenoxy) is 1. The zero-order valence-electron chi connectivity index (χ0n) is 11.1. The van der Waals surface area contributed by atoms with E-state index in [1.54, 1.807) is 0 Å². The van der Waals surface area contributed by atoms with Crippen LogP contribution in [0, 0.1) is 0 Å². The molecule has 1 saturated heterocycles. The van der Waals surface area contributed by atoms with Gasteiger partial charge in [0.05, 0.1) is 6.10 Å². The molecule has 1 amide bonds. The van der Waals surface area contributed by atoms with E-state index in [1.165, 1.54) is 16.8 Å². The highest BCUT2D eigenvalue weighted by Gasteiger charge is 2.17. The molecule has 2 heterocycles. The van der Waals surface area contributed by atoms with Gasteiger partial charge in [0.2, 0.25) is 0 Å². The Kier molecular flexibility index (Phi) is 4.68. The molecule has 6 nitrogen and oxygen atoms in total. The van der Waals surface area contributed by atoms with E-state index in [9.17, 15) is 9.59 Å². The van der Waals surface area contributed by atoms with Gasteiger partial charge in [-0.3, -0.25) is 9.59 Å². The molecule has 0 spiro atoms. The fourth-order valence-electron chi connectivity index (χ4n) is 2.04. The summed E-state index contributed by atoms with van der Waals surface area (Å²) in [4.78, 5) is 23.4. The van der Waals surface area contributed by atoms with E-state index >= 15 is 0 Å². The highest BCUT2D eigenvalue weighted by Crippen LogP contribution is 2.10. The van der Waals surface area contributed by atoms with Crippen LogP contribution in [0.15, 0.2) is 16.9 Å². The lowest BCUT2D eigenvalue weighted by molar-refractivity contribution is 0.0851. The normalized spacial score (nSPS) is 18.5. The average Bonchev–Trinajstić information content (AvgIpc) is 2.92. The maximum Gasteiger partial charge on any atom is 0.271 e. The molecular weight excluding hydrogens is 246 g/mol. The Morgan fingerprint density at radius 3 is 3.11 bits per heavy atom. The van der Waals surface area contributed by atoms with Gasteiger partial charge in [0, 0.05) is 25.8 Å². The Balaban J connectivity index is 1.97. The van der Waals surface area contributed by atoms with Gasteiger partial charge >= 0.3 is 0 Å². The van der Waals surface area contributed by atoms with Crippen molar-refractivity contribution in [3.8, 4) is 0 Å². The molecule has 0 aromatic carbocycles.